The lowest BCUT2D eigenvalue weighted by Crippen LogP contribution is -2.56. The van der Waals surface area contributed by atoms with Crippen LogP contribution in [0.1, 0.15) is 30.4 Å². The van der Waals surface area contributed by atoms with Gasteiger partial charge in [-0.3, -0.25) is 0 Å². The van der Waals surface area contributed by atoms with Gasteiger partial charge in [0.2, 0.25) is 0 Å². The molecule has 0 amide bonds. The van der Waals surface area contributed by atoms with Crippen molar-refractivity contribution in [3.05, 3.63) is 28.5 Å². The minimum absolute atomic E-state index is 0.131. The summed E-state index contributed by atoms with van der Waals surface area (Å²) in [4.78, 5) is 0. The molecule has 1 fully saturated rings. The van der Waals surface area contributed by atoms with Gasteiger partial charge in [0.05, 0.1) is 25.7 Å². The van der Waals surface area contributed by atoms with E-state index in [1.165, 1.54) is 0 Å². The van der Waals surface area contributed by atoms with Crippen LogP contribution < -0.4 is 9.47 Å². The van der Waals surface area contributed by atoms with Crippen LogP contribution in [-0.4, -0.2) is 53.9 Å². The third-order valence-corrected chi connectivity index (χ3v) is 5.76. The van der Waals surface area contributed by atoms with Crippen LogP contribution in [0.3, 0.4) is 0 Å². The molecular weight excluding hydrogens is 298 g/mol. The Balaban J connectivity index is 1.96. The molecule has 1 aromatic carbocycles. The summed E-state index contributed by atoms with van der Waals surface area (Å²) in [6.07, 6.45) is 0.152. The first kappa shape index (κ1) is 15.2. The number of aliphatic hydroxyl groups is 2. The standard InChI is InChI=1S/C17H23NO5/c1-18(21)8-10-3-4-12(22-2)16-15(10)17(13(20)9-18)6-5-11(19)7-14(17)23-16/h3-4,11,13-14,19-20H,5-9H2,1-2H3/t11-,13-,14-,17-,18?/m0/s1. The molecule has 0 aromatic heterocycles. The number of aliphatic hydroxyl groups excluding tert-OH is 2. The van der Waals surface area contributed by atoms with E-state index in [1.807, 2.05) is 12.1 Å². The van der Waals surface area contributed by atoms with Gasteiger partial charge in [0, 0.05) is 17.5 Å². The van der Waals surface area contributed by atoms with Gasteiger partial charge in [-0.05, 0) is 25.0 Å². The van der Waals surface area contributed by atoms with Crippen LogP contribution in [0.25, 0.3) is 0 Å². The first-order valence-corrected chi connectivity index (χ1v) is 8.16. The van der Waals surface area contributed by atoms with Crippen LogP contribution in [0.2, 0.25) is 0 Å². The Morgan fingerprint density at radius 1 is 1.39 bits per heavy atom. The van der Waals surface area contributed by atoms with Crippen molar-refractivity contribution in [3.63, 3.8) is 0 Å². The van der Waals surface area contributed by atoms with Crippen LogP contribution >= 0.6 is 0 Å². The molecule has 1 aromatic rings. The molecule has 1 saturated carbocycles. The third kappa shape index (κ3) is 2.02. The Bertz CT molecular complexity index is 646. The Kier molecular flexibility index (Phi) is 3.19. The van der Waals surface area contributed by atoms with Crippen molar-refractivity contribution in [2.24, 2.45) is 0 Å². The highest BCUT2D eigenvalue weighted by molar-refractivity contribution is 5.59. The number of quaternary nitrogens is 1. The second kappa shape index (κ2) is 4.83. The first-order chi connectivity index (χ1) is 10.9. The minimum atomic E-state index is -0.794. The van der Waals surface area contributed by atoms with Crippen LogP contribution in [0.5, 0.6) is 11.5 Å². The number of ether oxygens (including phenoxy) is 2. The summed E-state index contributed by atoms with van der Waals surface area (Å²) >= 11 is 0. The topological polar surface area (TPSA) is 82.0 Å². The number of benzene rings is 1. The maximum Gasteiger partial charge on any atom is 0.166 e. The van der Waals surface area contributed by atoms with Crippen molar-refractivity contribution in [1.82, 2.24) is 0 Å². The highest BCUT2D eigenvalue weighted by Crippen LogP contribution is 2.57. The molecule has 0 saturated heterocycles. The molecule has 2 aliphatic heterocycles. The highest BCUT2D eigenvalue weighted by Gasteiger charge is 2.60. The summed E-state index contributed by atoms with van der Waals surface area (Å²) in [5.41, 5.74) is 1.24. The molecule has 1 aliphatic carbocycles. The Morgan fingerprint density at radius 2 is 2.17 bits per heavy atom. The Hall–Kier alpha value is -1.34. The molecule has 6 nitrogen and oxygen atoms in total. The second-order valence-corrected chi connectivity index (χ2v) is 7.36. The van der Waals surface area contributed by atoms with Crippen LogP contribution in [0, 0.1) is 5.21 Å². The summed E-state index contributed by atoms with van der Waals surface area (Å²) in [6, 6.07) is 3.75. The van der Waals surface area contributed by atoms with E-state index in [1.54, 1.807) is 14.2 Å². The Morgan fingerprint density at radius 3 is 2.91 bits per heavy atom. The summed E-state index contributed by atoms with van der Waals surface area (Å²) in [5, 5.41) is 33.8. The van der Waals surface area contributed by atoms with Crippen molar-refractivity contribution in [2.45, 2.75) is 49.5 Å². The molecule has 0 bridgehead atoms. The zero-order valence-electron chi connectivity index (χ0n) is 13.5. The van der Waals surface area contributed by atoms with Crippen LogP contribution in [-0.2, 0) is 12.0 Å². The summed E-state index contributed by atoms with van der Waals surface area (Å²) in [6.45, 7) is 0.441. The van der Waals surface area contributed by atoms with Crippen LogP contribution in [0.4, 0.5) is 0 Å². The highest BCUT2D eigenvalue weighted by atomic mass is 16.5. The minimum Gasteiger partial charge on any atom is -0.633 e. The van der Waals surface area contributed by atoms with Crippen molar-refractivity contribution in [2.75, 3.05) is 20.7 Å². The normalized spacial score (nSPS) is 41.5. The number of hydrogen-bond donors (Lipinski definition) is 2. The van der Waals surface area contributed by atoms with Gasteiger partial charge in [0.25, 0.3) is 0 Å². The molecule has 3 aliphatic rings. The fourth-order valence-corrected chi connectivity index (χ4v) is 4.75. The third-order valence-electron chi connectivity index (χ3n) is 5.76. The number of nitrogens with zero attached hydrogens (tertiary/aromatic N) is 1. The summed E-state index contributed by atoms with van der Waals surface area (Å²) < 4.78 is 11.1. The molecule has 2 N–H and O–H groups in total. The Labute approximate surface area is 135 Å². The molecule has 6 heteroatoms. The molecule has 0 radical (unpaired) electrons. The van der Waals surface area contributed by atoms with Crippen molar-refractivity contribution in [3.8, 4) is 11.5 Å². The first-order valence-electron chi connectivity index (χ1n) is 8.16. The number of rotatable bonds is 1. The fraction of sp³-hybridized carbons (Fsp3) is 0.647. The van der Waals surface area contributed by atoms with E-state index in [9.17, 15) is 15.4 Å². The molecule has 23 heavy (non-hydrogen) atoms. The molecule has 1 spiro atoms. The van der Waals surface area contributed by atoms with Crippen molar-refractivity contribution >= 4 is 0 Å². The summed E-state index contributed by atoms with van der Waals surface area (Å²) in [5.74, 6) is 1.27. The second-order valence-electron chi connectivity index (χ2n) is 7.36. The van der Waals surface area contributed by atoms with Gasteiger partial charge in [0.15, 0.2) is 11.5 Å². The molecular formula is C17H23NO5. The molecule has 5 atom stereocenters. The van der Waals surface area contributed by atoms with Crippen molar-refractivity contribution < 1.29 is 24.3 Å². The van der Waals surface area contributed by atoms with E-state index in [4.69, 9.17) is 9.47 Å². The van der Waals surface area contributed by atoms with Gasteiger partial charge in [-0.2, -0.15) is 0 Å². The van der Waals surface area contributed by atoms with Gasteiger partial charge in [-0.25, -0.2) is 0 Å². The van der Waals surface area contributed by atoms with Gasteiger partial charge >= 0.3 is 0 Å². The predicted molar refractivity (Wildman–Crippen MR) is 83.1 cm³/mol. The van der Waals surface area contributed by atoms with E-state index >= 15 is 0 Å². The van der Waals surface area contributed by atoms with E-state index in [0.29, 0.717) is 37.3 Å². The average molecular weight is 321 g/mol. The lowest BCUT2D eigenvalue weighted by atomic mass is 9.64. The smallest absolute Gasteiger partial charge is 0.166 e. The van der Waals surface area contributed by atoms with E-state index in [2.05, 4.69) is 0 Å². The van der Waals surface area contributed by atoms with Gasteiger partial charge in [0.1, 0.15) is 25.3 Å². The zero-order chi connectivity index (χ0) is 16.4. The number of hydrogen-bond acceptors (Lipinski definition) is 5. The predicted octanol–water partition coefficient (Wildman–Crippen LogP) is 1.06. The number of hydroxylamine groups is 3. The zero-order valence-corrected chi connectivity index (χ0v) is 13.5. The summed E-state index contributed by atoms with van der Waals surface area (Å²) in [7, 11) is 3.19. The largest absolute Gasteiger partial charge is 0.633 e. The maximum absolute atomic E-state index is 12.7. The monoisotopic (exact) mass is 321 g/mol. The van der Waals surface area contributed by atoms with Gasteiger partial charge < -0.3 is 29.5 Å². The number of likely N-dealkylation sites (N-methyl/N-ethyl adjacent to an activating group) is 1. The van der Waals surface area contributed by atoms with Crippen LogP contribution in [0.15, 0.2) is 12.1 Å². The lowest BCUT2D eigenvalue weighted by Gasteiger charge is -2.45. The van der Waals surface area contributed by atoms with Gasteiger partial charge in [-0.1, -0.05) is 0 Å². The number of methoxy groups -OCH3 is 1. The van der Waals surface area contributed by atoms with E-state index in [0.717, 1.165) is 11.1 Å². The fourth-order valence-electron chi connectivity index (χ4n) is 4.75. The maximum atomic E-state index is 12.7. The SMILES string of the molecule is COc1ccc2c3c1O[C@H]1C[C@@H](O)CC[C@@]31[C@@H](O)C[N+](C)([O-])C2. The molecule has 1 unspecified atom stereocenters. The molecule has 126 valence electrons. The van der Waals surface area contributed by atoms with E-state index < -0.39 is 22.3 Å². The molecule has 4 rings (SSSR count). The quantitative estimate of drug-likeness (QED) is 0.597. The van der Waals surface area contributed by atoms with E-state index in [-0.39, 0.29) is 12.6 Å². The van der Waals surface area contributed by atoms with Gasteiger partial charge in [-0.15, -0.1) is 0 Å². The lowest BCUT2D eigenvalue weighted by molar-refractivity contribution is -0.877. The van der Waals surface area contributed by atoms with Crippen molar-refractivity contribution in [1.29, 1.82) is 0 Å². The average Bonchev–Trinajstić information content (AvgIpc) is 2.78. The molecule has 2 heterocycles.